The second-order valence-electron chi connectivity index (χ2n) is 21.3. The first-order chi connectivity index (χ1) is 46.0. The molecule has 11 aromatic rings. The zero-order chi connectivity index (χ0) is 68.1. The Hall–Kier alpha value is -8.51. The molecule has 0 atom stereocenters. The van der Waals surface area contributed by atoms with Gasteiger partial charge in [0.15, 0.2) is 29.0 Å². The third-order valence-electron chi connectivity index (χ3n) is 14.2. The summed E-state index contributed by atoms with van der Waals surface area (Å²) in [6, 6.07) is 59.7. The van der Waals surface area contributed by atoms with Crippen molar-refractivity contribution in [1.82, 2.24) is 34.0 Å². The van der Waals surface area contributed by atoms with E-state index < -0.39 is 5.97 Å². The molecule has 1 aliphatic heterocycles. The Morgan fingerprint density at radius 2 is 0.926 bits per heavy atom. The molecular weight excluding hydrogens is 1450 g/mol. The third-order valence-corrected chi connectivity index (χ3v) is 17.7. The molecule has 7 heterocycles. The number of thiophene rings is 3. The molecule has 0 fully saturated rings. The highest BCUT2D eigenvalue weighted by atomic mass is 80.9. The first-order valence-electron chi connectivity index (χ1n) is 30.3. The SMILES string of the molecule is BrBr.CC(=O)CC(=O)NCCc1ccccc1.CC(=O)O.Cc1cc(=O)n(CCc2ccccc2)c(-c2cccs2)n1.Cc1nc(-c2cccs2)n(CCc2ccccc2)c(=O)c1-c1ccc2c(c1)OCCO2.Cc1nc(-c2cccs2)n(CCc2ccccc2)c(=O)c1Br. The molecule has 0 bridgehead atoms. The Bertz CT molecular complexity index is 4380. The van der Waals surface area contributed by atoms with Gasteiger partial charge in [-0.3, -0.25) is 42.5 Å². The molecule has 0 saturated carbocycles. The van der Waals surface area contributed by atoms with Gasteiger partial charge in [0.2, 0.25) is 5.91 Å². The van der Waals surface area contributed by atoms with E-state index in [4.69, 9.17) is 24.4 Å². The molecule has 95 heavy (non-hydrogen) atoms. The number of ketones is 1. The van der Waals surface area contributed by atoms with Crippen molar-refractivity contribution in [2.45, 2.75) is 86.4 Å². The minimum atomic E-state index is -0.833. The maximum absolute atomic E-state index is 13.8. The van der Waals surface area contributed by atoms with Gasteiger partial charge in [-0.15, -0.1) is 34.0 Å². The number of carboxylic acid groups (broad SMARTS) is 1. The molecule has 5 aromatic carbocycles. The van der Waals surface area contributed by atoms with Gasteiger partial charge in [-0.2, -0.15) is 0 Å². The number of Topliss-reactive ketones (excluding diaryl/α,β-unsaturated/α-hetero) is 1. The summed E-state index contributed by atoms with van der Waals surface area (Å²) in [6.07, 6.45) is 3.16. The first-order valence-corrected chi connectivity index (χ1v) is 37.4. The van der Waals surface area contributed by atoms with Crippen LogP contribution in [0.3, 0.4) is 0 Å². The minimum absolute atomic E-state index is 0.0156. The topological polar surface area (TPSA) is 207 Å². The highest BCUT2D eigenvalue weighted by Gasteiger charge is 2.21. The Morgan fingerprint density at radius 1 is 0.516 bits per heavy atom. The normalized spacial score (nSPS) is 10.9. The van der Waals surface area contributed by atoms with E-state index >= 15 is 0 Å². The highest BCUT2D eigenvalue weighted by Crippen LogP contribution is 2.35. The van der Waals surface area contributed by atoms with Crippen molar-refractivity contribution >= 4 is 95.9 Å². The number of nitrogens with one attached hydrogen (secondary N) is 1. The average Bonchev–Trinajstić information content (AvgIpc) is 1.63. The molecule has 0 radical (unpaired) electrons. The van der Waals surface area contributed by atoms with E-state index in [1.54, 1.807) is 53.8 Å². The van der Waals surface area contributed by atoms with E-state index in [9.17, 15) is 24.0 Å². The lowest BCUT2D eigenvalue weighted by Crippen LogP contribution is -2.27. The molecule has 0 aliphatic carbocycles. The number of hydrogen-bond acceptors (Lipinski definition) is 14. The Balaban J connectivity index is 0.000000179. The molecule has 2 N–H and O–H groups in total. The second kappa shape index (κ2) is 38.8. The molecule has 16 nitrogen and oxygen atoms in total. The Kier molecular flexibility index (Phi) is 30.1. The number of aryl methyl sites for hydroxylation is 6. The molecule has 22 heteroatoms. The number of carboxylic acids is 1. The zero-order valence-corrected chi connectivity index (χ0v) is 60.3. The van der Waals surface area contributed by atoms with Crippen molar-refractivity contribution in [1.29, 1.82) is 0 Å². The molecule has 1 aliphatic rings. The summed E-state index contributed by atoms with van der Waals surface area (Å²) in [5.41, 5.74) is 8.36. The van der Waals surface area contributed by atoms with Gasteiger partial charge >= 0.3 is 0 Å². The molecule has 6 aromatic heterocycles. The minimum Gasteiger partial charge on any atom is -0.486 e. The van der Waals surface area contributed by atoms with E-state index in [0.717, 1.165) is 81.7 Å². The number of carbonyl (C=O) groups excluding carboxylic acids is 2. The van der Waals surface area contributed by atoms with Crippen LogP contribution in [0.25, 0.3) is 43.2 Å². The van der Waals surface area contributed by atoms with Gasteiger partial charge in [-0.1, -0.05) is 146 Å². The van der Waals surface area contributed by atoms with Crippen LogP contribution in [0.4, 0.5) is 0 Å². The molecule has 0 saturated heterocycles. The van der Waals surface area contributed by atoms with Crippen molar-refractivity contribution in [2.75, 3.05) is 19.8 Å². The number of nitrogens with zero attached hydrogens (tertiary/aromatic N) is 6. The maximum atomic E-state index is 13.8. The van der Waals surface area contributed by atoms with Crippen molar-refractivity contribution in [3.8, 4) is 54.7 Å². The van der Waals surface area contributed by atoms with Gasteiger partial charge in [0.05, 0.1) is 38.0 Å². The predicted molar refractivity (Wildman–Crippen MR) is 394 cm³/mol. The highest BCUT2D eigenvalue weighted by molar-refractivity contribution is 9.93. The van der Waals surface area contributed by atoms with Crippen LogP contribution in [-0.2, 0) is 59.7 Å². The molecular formula is C73H72Br3N7O9S3. The van der Waals surface area contributed by atoms with Gasteiger partial charge in [0.25, 0.3) is 22.6 Å². The summed E-state index contributed by atoms with van der Waals surface area (Å²) in [5.74, 6) is 2.48. The van der Waals surface area contributed by atoms with Crippen LogP contribution < -0.4 is 31.5 Å². The zero-order valence-electron chi connectivity index (χ0n) is 53.1. The summed E-state index contributed by atoms with van der Waals surface area (Å²) in [6.45, 7) is 11.5. The summed E-state index contributed by atoms with van der Waals surface area (Å²) in [5, 5.41) is 16.1. The summed E-state index contributed by atoms with van der Waals surface area (Å²) < 4.78 is 17.2. The van der Waals surface area contributed by atoms with Gasteiger partial charge in [-0.05, 0) is 144 Å². The van der Waals surface area contributed by atoms with E-state index in [-0.39, 0.29) is 34.8 Å². The number of hydrogen-bond donors (Lipinski definition) is 2. The standard InChI is InChI=1S/C25H22N2O3S.C17H15BrN2OS.C17H16N2OS.C12H15NO2.C2H4O2.Br2/c1-17-23(19-9-10-20-21(16-19)30-14-13-29-20)25(28)27(12-11-18-6-3-2-4-7-18)24(26-17)22-8-5-15-31-22;1-12-15(18)17(21)20(10-9-13-6-3-2-4-7-13)16(19-12)14-8-5-11-22-14;1-13-12-16(20)19(10-9-14-6-3-2-4-7-14)17(18-13)15-8-5-11-21-15;1-10(14)9-12(15)13-8-7-11-5-3-2-4-6-11;1-2(3)4;1-2/h2-10,15-16H,11-14H2,1H3;2-8,11H,9-10H2,1H3;2-8,11-12H,9-10H2,1H3;2-6H,7-9H2,1H3,(H,13,15);1H3,(H,3,4);. The predicted octanol–water partition coefficient (Wildman–Crippen LogP) is 15.9. The maximum Gasteiger partial charge on any atom is 0.300 e. The second-order valence-corrected chi connectivity index (χ2v) is 25.0. The molecule has 12 rings (SSSR count). The molecule has 492 valence electrons. The number of aliphatic carboxylic acids is 1. The van der Waals surface area contributed by atoms with E-state index in [2.05, 4.69) is 95.9 Å². The van der Waals surface area contributed by atoms with Crippen LogP contribution in [0.1, 0.15) is 59.6 Å². The van der Waals surface area contributed by atoms with Crippen molar-refractivity contribution in [3.63, 3.8) is 0 Å². The number of ether oxygens (including phenoxy) is 2. The van der Waals surface area contributed by atoms with E-state index in [1.807, 2.05) is 176 Å². The van der Waals surface area contributed by atoms with Crippen LogP contribution in [0.5, 0.6) is 11.5 Å². The fourth-order valence-electron chi connectivity index (χ4n) is 9.80. The largest absolute Gasteiger partial charge is 0.486 e. The Labute approximate surface area is 588 Å². The quantitative estimate of drug-likeness (QED) is 0.0770. The number of amides is 1. The van der Waals surface area contributed by atoms with Crippen LogP contribution in [0, 0.1) is 20.8 Å². The number of benzene rings is 5. The van der Waals surface area contributed by atoms with Crippen LogP contribution >= 0.6 is 78.2 Å². The number of aromatic nitrogens is 6. The van der Waals surface area contributed by atoms with Gasteiger partial charge in [0.1, 0.15) is 23.5 Å². The number of rotatable bonds is 18. The van der Waals surface area contributed by atoms with Gasteiger partial charge in [0, 0.05) is 73.1 Å². The van der Waals surface area contributed by atoms with Crippen LogP contribution in [0.2, 0.25) is 0 Å². The van der Waals surface area contributed by atoms with Gasteiger partial charge in [-0.25, -0.2) is 15.0 Å². The third kappa shape index (κ3) is 22.9. The van der Waals surface area contributed by atoms with Crippen molar-refractivity contribution in [3.05, 3.63) is 273 Å². The average molecular weight is 1530 g/mol. The first kappa shape index (κ1) is 73.9. The lowest BCUT2D eigenvalue weighted by Gasteiger charge is -2.20. The van der Waals surface area contributed by atoms with E-state index in [1.165, 1.54) is 29.2 Å². The van der Waals surface area contributed by atoms with Crippen molar-refractivity contribution in [2.24, 2.45) is 0 Å². The monoisotopic (exact) mass is 1520 g/mol. The van der Waals surface area contributed by atoms with E-state index in [0.29, 0.717) is 66.6 Å². The molecule has 0 unspecified atom stereocenters. The lowest BCUT2D eigenvalue weighted by atomic mass is 10.0. The fourth-order valence-corrected chi connectivity index (χ4v) is 12.3. The lowest BCUT2D eigenvalue weighted by molar-refractivity contribution is -0.134. The van der Waals surface area contributed by atoms with Crippen molar-refractivity contribution < 1.29 is 29.0 Å². The van der Waals surface area contributed by atoms with Gasteiger partial charge < -0.3 is 19.9 Å². The summed E-state index contributed by atoms with van der Waals surface area (Å²) in [4.78, 5) is 86.5. The molecule has 1 amide bonds. The molecule has 0 spiro atoms. The fraction of sp³-hybridized carbons (Fsp3) is 0.219. The summed E-state index contributed by atoms with van der Waals surface area (Å²) >= 11 is 13.7. The number of halogens is 3. The summed E-state index contributed by atoms with van der Waals surface area (Å²) in [7, 11) is 0. The Morgan fingerprint density at radius 3 is 1.37 bits per heavy atom. The number of carbonyl (C=O) groups is 3. The number of fused-ring (bicyclic) bond motifs is 1. The van der Waals surface area contributed by atoms with Crippen LogP contribution in [0.15, 0.2) is 217 Å². The van der Waals surface area contributed by atoms with Crippen LogP contribution in [-0.4, -0.2) is 71.2 Å². The smallest absolute Gasteiger partial charge is 0.300 e.